The second-order valence-corrected chi connectivity index (χ2v) is 17.5. The molecule has 0 spiro atoms. The molecule has 0 unspecified atom stereocenters. The summed E-state index contributed by atoms with van der Waals surface area (Å²) in [6.07, 6.45) is 2.44. The summed E-state index contributed by atoms with van der Waals surface area (Å²) in [4.78, 5) is 2.72. The van der Waals surface area contributed by atoms with Crippen LogP contribution in [0.2, 0.25) is 0 Å². The molecule has 13 rings (SSSR count). The Balaban J connectivity index is 1.22. The maximum atomic E-state index is 6.59. The van der Waals surface area contributed by atoms with Gasteiger partial charge in [-0.25, -0.2) is 0 Å². The number of furan rings is 1. The molecule has 306 valence electrons. The van der Waals surface area contributed by atoms with Gasteiger partial charge in [-0.15, -0.1) is 0 Å². The van der Waals surface area contributed by atoms with Crippen molar-refractivity contribution in [2.24, 2.45) is 0 Å². The van der Waals surface area contributed by atoms with Gasteiger partial charge < -0.3 is 9.32 Å². The molecule has 2 aliphatic carbocycles. The molecule has 1 aromatic heterocycles. The Hall–Kier alpha value is -8.20. The van der Waals surface area contributed by atoms with E-state index in [0.29, 0.717) is 0 Å². The quantitative estimate of drug-likeness (QED) is 0.152. The van der Waals surface area contributed by atoms with E-state index in [2.05, 4.69) is 229 Å². The summed E-state index contributed by atoms with van der Waals surface area (Å²) >= 11 is 0. The Bertz CT molecular complexity index is 3620. The smallest absolute Gasteiger partial charge is 0.136 e. The van der Waals surface area contributed by atoms with Gasteiger partial charge in [0.1, 0.15) is 11.2 Å². The van der Waals surface area contributed by atoms with Crippen LogP contribution in [-0.4, -0.2) is 0 Å². The van der Waals surface area contributed by atoms with Crippen LogP contribution in [-0.2, 0) is 19.3 Å². The SMILES string of the molecule is c1ccc(Cc2ccc3c(c2N(c2ccccc2-c2cccc4oc5ccccc5c24)c2c4c(cc(-c5ccccc5)c2-c2ccccc2)-c2ccccc2C4)Cc2ccccc2-3)cc1. The van der Waals surface area contributed by atoms with Gasteiger partial charge in [0.25, 0.3) is 0 Å². The van der Waals surface area contributed by atoms with Crippen molar-refractivity contribution in [3.63, 3.8) is 0 Å². The van der Waals surface area contributed by atoms with E-state index in [9.17, 15) is 0 Å². The van der Waals surface area contributed by atoms with Crippen LogP contribution in [0, 0.1) is 0 Å². The topological polar surface area (TPSA) is 16.4 Å². The van der Waals surface area contributed by atoms with Crippen LogP contribution in [0.5, 0.6) is 0 Å². The van der Waals surface area contributed by atoms with E-state index in [1.807, 2.05) is 0 Å². The lowest BCUT2D eigenvalue weighted by atomic mass is 9.85. The predicted octanol–water partition coefficient (Wildman–Crippen LogP) is 16.8. The maximum absolute atomic E-state index is 6.59. The standard InChI is InChI=1S/C63H43NO/c1-4-19-41(20-5-1)37-46-35-36-49-47-27-12-10-25-44(47)38-55(49)62(46)64(57-32-16-14-29-50(57)51-31-18-34-59-61(51)52-30-15-17-33-58(52)65-59)63-56-39-45-26-11-13-28-48(45)54(56)40-53(42-21-6-2-7-22-42)60(63)43-23-8-3-9-24-43/h1-36,40H,37-39H2. The third-order valence-electron chi connectivity index (χ3n) is 13.8. The molecule has 0 amide bonds. The molecule has 1 heterocycles. The van der Waals surface area contributed by atoms with Gasteiger partial charge in [0.05, 0.1) is 17.1 Å². The van der Waals surface area contributed by atoms with Gasteiger partial charge in [-0.1, -0.05) is 200 Å². The van der Waals surface area contributed by atoms with Gasteiger partial charge in [-0.05, 0) is 109 Å². The highest BCUT2D eigenvalue weighted by Crippen LogP contribution is 2.58. The molecule has 0 aliphatic heterocycles. The van der Waals surface area contributed by atoms with E-state index in [1.165, 1.54) is 89.3 Å². The predicted molar refractivity (Wildman–Crippen MR) is 270 cm³/mol. The van der Waals surface area contributed by atoms with E-state index >= 15 is 0 Å². The van der Waals surface area contributed by atoms with Gasteiger partial charge >= 0.3 is 0 Å². The number of fused-ring (bicyclic) bond motifs is 9. The van der Waals surface area contributed by atoms with Crippen molar-refractivity contribution in [3.8, 4) is 55.6 Å². The van der Waals surface area contributed by atoms with E-state index in [0.717, 1.165) is 58.0 Å². The van der Waals surface area contributed by atoms with Crippen molar-refractivity contribution in [1.82, 2.24) is 0 Å². The van der Waals surface area contributed by atoms with E-state index in [-0.39, 0.29) is 0 Å². The fraction of sp³-hybridized carbons (Fsp3) is 0.0476. The van der Waals surface area contributed by atoms with E-state index in [4.69, 9.17) is 4.42 Å². The third kappa shape index (κ3) is 6.09. The maximum Gasteiger partial charge on any atom is 0.136 e. The van der Waals surface area contributed by atoms with Crippen LogP contribution in [0.25, 0.3) is 77.6 Å². The highest BCUT2D eigenvalue weighted by Gasteiger charge is 2.35. The Morgan fingerprint density at radius 2 is 0.954 bits per heavy atom. The molecular formula is C63H43NO. The third-order valence-corrected chi connectivity index (χ3v) is 13.8. The zero-order chi connectivity index (χ0) is 42.8. The number of rotatable bonds is 8. The van der Waals surface area contributed by atoms with Crippen LogP contribution in [0.3, 0.4) is 0 Å². The Morgan fingerprint density at radius 1 is 0.385 bits per heavy atom. The van der Waals surface area contributed by atoms with Crippen molar-refractivity contribution in [2.75, 3.05) is 4.90 Å². The first-order valence-electron chi connectivity index (χ1n) is 22.7. The summed E-state index contributed by atoms with van der Waals surface area (Å²) < 4.78 is 6.59. The highest BCUT2D eigenvalue weighted by molar-refractivity contribution is 6.15. The highest BCUT2D eigenvalue weighted by atomic mass is 16.3. The lowest BCUT2D eigenvalue weighted by molar-refractivity contribution is 0.669. The number of hydrogen-bond donors (Lipinski definition) is 0. The van der Waals surface area contributed by atoms with Crippen molar-refractivity contribution in [3.05, 3.63) is 258 Å². The molecular weight excluding hydrogens is 787 g/mol. The largest absolute Gasteiger partial charge is 0.456 e. The van der Waals surface area contributed by atoms with Crippen molar-refractivity contribution >= 4 is 39.0 Å². The number of anilines is 3. The number of benzene rings is 10. The van der Waals surface area contributed by atoms with E-state index < -0.39 is 0 Å². The Morgan fingerprint density at radius 3 is 1.71 bits per heavy atom. The molecule has 0 N–H and O–H groups in total. The first kappa shape index (κ1) is 37.4. The molecule has 11 aromatic rings. The average Bonchev–Trinajstić information content (AvgIpc) is 4.07. The molecule has 0 radical (unpaired) electrons. The summed E-state index contributed by atoms with van der Waals surface area (Å²) in [7, 11) is 0. The summed E-state index contributed by atoms with van der Waals surface area (Å²) in [5.74, 6) is 0. The fourth-order valence-electron chi connectivity index (χ4n) is 11.0. The zero-order valence-corrected chi connectivity index (χ0v) is 35.8. The van der Waals surface area contributed by atoms with Crippen molar-refractivity contribution in [2.45, 2.75) is 19.3 Å². The summed E-state index contributed by atoms with van der Waals surface area (Å²) in [5.41, 5.74) is 25.7. The Labute approximate surface area is 379 Å². The number of hydrogen-bond acceptors (Lipinski definition) is 2. The van der Waals surface area contributed by atoms with Gasteiger partial charge in [0.2, 0.25) is 0 Å². The molecule has 65 heavy (non-hydrogen) atoms. The summed E-state index contributed by atoms with van der Waals surface area (Å²) in [5, 5.41) is 2.25. The van der Waals surface area contributed by atoms with Crippen LogP contribution in [0.15, 0.2) is 229 Å². The van der Waals surface area contributed by atoms with Crippen LogP contribution >= 0.6 is 0 Å². The minimum absolute atomic E-state index is 0.780. The molecule has 2 heteroatoms. The lowest BCUT2D eigenvalue weighted by Gasteiger charge is -2.36. The first-order valence-corrected chi connectivity index (χ1v) is 22.7. The van der Waals surface area contributed by atoms with Gasteiger partial charge in [-0.3, -0.25) is 0 Å². The minimum Gasteiger partial charge on any atom is -0.456 e. The monoisotopic (exact) mass is 829 g/mol. The summed E-state index contributed by atoms with van der Waals surface area (Å²) in [6, 6.07) is 82.6. The molecule has 0 atom stereocenters. The molecule has 0 bridgehead atoms. The fourth-order valence-corrected chi connectivity index (χ4v) is 11.0. The zero-order valence-electron chi connectivity index (χ0n) is 35.8. The molecule has 0 saturated carbocycles. The van der Waals surface area contributed by atoms with Crippen molar-refractivity contribution in [1.29, 1.82) is 0 Å². The second kappa shape index (κ2) is 15.3. The molecule has 0 saturated heterocycles. The number of para-hydroxylation sites is 2. The molecule has 10 aromatic carbocycles. The van der Waals surface area contributed by atoms with E-state index in [1.54, 1.807) is 0 Å². The number of nitrogens with zero attached hydrogens (tertiary/aromatic N) is 1. The first-order chi connectivity index (χ1) is 32.3. The second-order valence-electron chi connectivity index (χ2n) is 17.5. The minimum atomic E-state index is 0.780. The van der Waals surface area contributed by atoms with Crippen LogP contribution < -0.4 is 4.90 Å². The van der Waals surface area contributed by atoms with Crippen LogP contribution in [0.4, 0.5) is 17.1 Å². The van der Waals surface area contributed by atoms with Gasteiger partial charge in [0.15, 0.2) is 0 Å². The Kier molecular flexibility index (Phi) is 8.77. The molecule has 2 aliphatic rings. The average molecular weight is 830 g/mol. The normalized spacial score (nSPS) is 12.2. The van der Waals surface area contributed by atoms with Crippen LogP contribution in [0.1, 0.15) is 33.4 Å². The van der Waals surface area contributed by atoms with Gasteiger partial charge in [-0.2, -0.15) is 0 Å². The molecule has 0 fully saturated rings. The van der Waals surface area contributed by atoms with Gasteiger partial charge in [0, 0.05) is 34.7 Å². The lowest BCUT2D eigenvalue weighted by Crippen LogP contribution is -2.19. The van der Waals surface area contributed by atoms with Crippen molar-refractivity contribution < 1.29 is 4.42 Å². The summed E-state index contributed by atoms with van der Waals surface area (Å²) in [6.45, 7) is 0. The molecule has 2 nitrogen and oxygen atoms in total.